The summed E-state index contributed by atoms with van der Waals surface area (Å²) in [5.41, 5.74) is 0. The van der Waals surface area contributed by atoms with Crippen molar-refractivity contribution >= 4 is 11.9 Å². The van der Waals surface area contributed by atoms with Crippen molar-refractivity contribution in [2.75, 3.05) is 6.61 Å². The minimum absolute atomic E-state index is 0.205. The van der Waals surface area contributed by atoms with Crippen LogP contribution in [0.15, 0.2) is 24.3 Å². The molecule has 1 aromatic carbocycles. The van der Waals surface area contributed by atoms with E-state index in [-0.39, 0.29) is 18.1 Å². The van der Waals surface area contributed by atoms with Crippen LogP contribution in [-0.4, -0.2) is 29.4 Å². The Balaban J connectivity index is 1.81. The van der Waals surface area contributed by atoms with Gasteiger partial charge in [-0.05, 0) is 30.9 Å². The highest BCUT2D eigenvalue weighted by atomic mass is 16.8. The van der Waals surface area contributed by atoms with Gasteiger partial charge in [-0.15, -0.1) is 0 Å². The Hall–Kier alpha value is -2.24. The smallest absolute Gasteiger partial charge is 0.453 e. The quantitative estimate of drug-likeness (QED) is 0.649. The molecule has 6 nitrogen and oxygen atoms in total. The Bertz CT molecular complexity index is 509. The van der Waals surface area contributed by atoms with E-state index < -0.39 is 17.7 Å². The summed E-state index contributed by atoms with van der Waals surface area (Å²) in [4.78, 5) is 23.3. The lowest BCUT2D eigenvalue weighted by molar-refractivity contribution is -0.199. The molecule has 0 unspecified atom stereocenters. The Labute approximate surface area is 108 Å². The molecule has 19 heavy (non-hydrogen) atoms. The van der Waals surface area contributed by atoms with Gasteiger partial charge in [-0.1, -0.05) is 12.1 Å². The van der Waals surface area contributed by atoms with Crippen LogP contribution in [0.3, 0.4) is 0 Å². The van der Waals surface area contributed by atoms with Crippen molar-refractivity contribution in [1.82, 2.24) is 0 Å². The van der Waals surface area contributed by atoms with Crippen molar-refractivity contribution < 1.29 is 28.9 Å². The maximum Gasteiger partial charge on any atom is 0.453 e. The highest BCUT2D eigenvalue weighted by Gasteiger charge is 2.58. The normalized spacial score (nSPS) is 18.9. The number of ether oxygens (including phenoxy) is 3. The largest absolute Gasteiger partial charge is 0.475 e. The predicted octanol–water partition coefficient (Wildman–Crippen LogP) is 1.19. The number of carbonyl (C=O) groups excluding carboxylic acids is 1. The fraction of sp³-hybridized carbons (Fsp3) is 0.385. The standard InChI is InChI=1S/C13H12O6/c14-11(15)13(12(16)17-7-8-5-6-8)18-9-3-1-2-4-10(9)19-13/h1-4,8H,5-7H2,(H,14,15). The summed E-state index contributed by atoms with van der Waals surface area (Å²) in [6.45, 7) is 0.205. The second-order valence-corrected chi connectivity index (χ2v) is 4.61. The molecule has 0 radical (unpaired) electrons. The molecular formula is C13H12O6. The van der Waals surface area contributed by atoms with Crippen LogP contribution in [0.25, 0.3) is 0 Å². The van der Waals surface area contributed by atoms with Gasteiger partial charge in [-0.25, -0.2) is 9.59 Å². The van der Waals surface area contributed by atoms with Crippen molar-refractivity contribution in [3.8, 4) is 11.5 Å². The average molecular weight is 264 g/mol. The Kier molecular flexibility index (Phi) is 2.58. The summed E-state index contributed by atoms with van der Waals surface area (Å²) in [6.07, 6.45) is 1.99. The first-order valence-corrected chi connectivity index (χ1v) is 5.99. The molecule has 2 aliphatic rings. The summed E-state index contributed by atoms with van der Waals surface area (Å²) in [6, 6.07) is 6.40. The van der Waals surface area contributed by atoms with Crippen molar-refractivity contribution in [3.05, 3.63) is 24.3 Å². The summed E-state index contributed by atoms with van der Waals surface area (Å²) >= 11 is 0. The van der Waals surface area contributed by atoms with Gasteiger partial charge in [0, 0.05) is 0 Å². The summed E-state index contributed by atoms with van der Waals surface area (Å²) in [5.74, 6) is -4.20. The molecule has 0 saturated heterocycles. The lowest BCUT2D eigenvalue weighted by atomic mass is 10.3. The van der Waals surface area contributed by atoms with Gasteiger partial charge in [0.25, 0.3) is 0 Å². The molecule has 0 atom stereocenters. The van der Waals surface area contributed by atoms with E-state index in [1.165, 1.54) is 12.1 Å². The number of fused-ring (bicyclic) bond motifs is 1. The van der Waals surface area contributed by atoms with E-state index >= 15 is 0 Å². The van der Waals surface area contributed by atoms with Crippen LogP contribution in [-0.2, 0) is 14.3 Å². The van der Waals surface area contributed by atoms with Crippen LogP contribution in [0.4, 0.5) is 0 Å². The van der Waals surface area contributed by atoms with Crippen molar-refractivity contribution in [2.24, 2.45) is 5.92 Å². The second kappa shape index (κ2) is 4.15. The van der Waals surface area contributed by atoms with Crippen LogP contribution < -0.4 is 9.47 Å². The van der Waals surface area contributed by atoms with Gasteiger partial charge in [-0.3, -0.25) is 0 Å². The van der Waals surface area contributed by atoms with E-state index in [1.54, 1.807) is 12.1 Å². The number of carboxylic acid groups (broad SMARTS) is 1. The van der Waals surface area contributed by atoms with Gasteiger partial charge in [-0.2, -0.15) is 0 Å². The van der Waals surface area contributed by atoms with Gasteiger partial charge in [0.1, 0.15) is 0 Å². The summed E-state index contributed by atoms with van der Waals surface area (Å²) < 4.78 is 15.3. The first-order chi connectivity index (χ1) is 9.12. The molecule has 100 valence electrons. The van der Waals surface area contributed by atoms with Crippen LogP contribution in [0.2, 0.25) is 0 Å². The molecule has 1 N–H and O–H groups in total. The monoisotopic (exact) mass is 264 g/mol. The molecule has 0 aromatic heterocycles. The summed E-state index contributed by atoms with van der Waals surface area (Å²) in [5, 5.41) is 9.24. The minimum Gasteiger partial charge on any atom is -0.475 e. The van der Waals surface area contributed by atoms with Crippen LogP contribution in [0, 0.1) is 5.92 Å². The molecule has 1 aliphatic carbocycles. The number of benzene rings is 1. The molecule has 1 aromatic rings. The number of hydrogen-bond acceptors (Lipinski definition) is 5. The van der Waals surface area contributed by atoms with E-state index in [0.29, 0.717) is 5.92 Å². The summed E-state index contributed by atoms with van der Waals surface area (Å²) in [7, 11) is 0. The first kappa shape index (κ1) is 11.8. The van der Waals surface area contributed by atoms with Crippen molar-refractivity contribution in [2.45, 2.75) is 18.6 Å². The fourth-order valence-corrected chi connectivity index (χ4v) is 1.78. The minimum atomic E-state index is -2.42. The highest BCUT2D eigenvalue weighted by Crippen LogP contribution is 2.40. The third kappa shape index (κ3) is 1.99. The molecule has 1 heterocycles. The number of hydrogen-bond donors (Lipinski definition) is 1. The van der Waals surface area contributed by atoms with E-state index in [4.69, 9.17) is 14.2 Å². The number of esters is 1. The lowest BCUT2D eigenvalue weighted by Crippen LogP contribution is -2.55. The molecule has 0 bridgehead atoms. The number of rotatable bonds is 4. The average Bonchev–Trinajstić information content (AvgIpc) is 3.13. The van der Waals surface area contributed by atoms with E-state index in [2.05, 4.69) is 0 Å². The maximum atomic E-state index is 12.0. The van der Waals surface area contributed by atoms with E-state index in [0.717, 1.165) is 12.8 Å². The molecular weight excluding hydrogens is 252 g/mol. The molecule has 1 aliphatic heterocycles. The van der Waals surface area contributed by atoms with Crippen LogP contribution in [0.5, 0.6) is 11.5 Å². The topological polar surface area (TPSA) is 82.1 Å². The second-order valence-electron chi connectivity index (χ2n) is 4.61. The molecule has 0 spiro atoms. The number of para-hydroxylation sites is 2. The van der Waals surface area contributed by atoms with Gasteiger partial charge in [0.05, 0.1) is 6.61 Å². The Morgan fingerprint density at radius 3 is 2.32 bits per heavy atom. The Morgan fingerprint density at radius 2 is 1.84 bits per heavy atom. The maximum absolute atomic E-state index is 12.0. The highest BCUT2D eigenvalue weighted by molar-refractivity contribution is 6.02. The zero-order valence-electron chi connectivity index (χ0n) is 10.00. The van der Waals surface area contributed by atoms with Crippen molar-refractivity contribution in [1.29, 1.82) is 0 Å². The predicted molar refractivity (Wildman–Crippen MR) is 61.7 cm³/mol. The third-order valence-corrected chi connectivity index (χ3v) is 3.05. The Morgan fingerprint density at radius 1 is 1.26 bits per heavy atom. The number of carbonyl (C=O) groups is 2. The van der Waals surface area contributed by atoms with Crippen molar-refractivity contribution in [3.63, 3.8) is 0 Å². The SMILES string of the molecule is O=C(O)C1(C(=O)OCC2CC2)Oc2ccccc2O1. The van der Waals surface area contributed by atoms with Gasteiger partial charge >= 0.3 is 17.7 Å². The zero-order valence-corrected chi connectivity index (χ0v) is 10.00. The molecule has 3 rings (SSSR count). The molecule has 1 saturated carbocycles. The van der Waals surface area contributed by atoms with Gasteiger partial charge in [0.2, 0.25) is 0 Å². The van der Waals surface area contributed by atoms with Crippen LogP contribution >= 0.6 is 0 Å². The molecule has 0 amide bonds. The lowest BCUT2D eigenvalue weighted by Gasteiger charge is -2.20. The third-order valence-electron chi connectivity index (χ3n) is 3.05. The van der Waals surface area contributed by atoms with Gasteiger partial charge < -0.3 is 19.3 Å². The first-order valence-electron chi connectivity index (χ1n) is 5.99. The fourth-order valence-electron chi connectivity index (χ4n) is 1.78. The number of aliphatic carboxylic acids is 1. The zero-order chi connectivity index (χ0) is 13.5. The number of carboxylic acids is 1. The van der Waals surface area contributed by atoms with E-state index in [1.807, 2.05) is 0 Å². The molecule has 1 fully saturated rings. The van der Waals surface area contributed by atoms with Gasteiger partial charge in [0.15, 0.2) is 11.5 Å². The van der Waals surface area contributed by atoms with E-state index in [9.17, 15) is 14.7 Å². The van der Waals surface area contributed by atoms with Crippen LogP contribution in [0.1, 0.15) is 12.8 Å². The molecule has 6 heteroatoms.